The van der Waals surface area contributed by atoms with Gasteiger partial charge in [-0.05, 0) is 31.6 Å². The Labute approximate surface area is 108 Å². The zero-order valence-corrected chi connectivity index (χ0v) is 12.1. The van der Waals surface area contributed by atoms with E-state index in [-0.39, 0.29) is 5.60 Å². The SMILES string of the molecule is CCCCC([CH]C1(CCCC)CCCO1)CC. The molecule has 1 heterocycles. The molecule has 17 heavy (non-hydrogen) atoms. The molecule has 1 radical (unpaired) electrons. The van der Waals surface area contributed by atoms with Crippen molar-refractivity contribution in [2.75, 3.05) is 6.61 Å². The number of hydrogen-bond donors (Lipinski definition) is 0. The van der Waals surface area contributed by atoms with Gasteiger partial charge < -0.3 is 4.74 Å². The zero-order chi connectivity index (χ0) is 12.6. The van der Waals surface area contributed by atoms with Crippen molar-refractivity contribution in [3.05, 3.63) is 6.42 Å². The Morgan fingerprint density at radius 3 is 2.47 bits per heavy atom. The van der Waals surface area contributed by atoms with Gasteiger partial charge >= 0.3 is 0 Å². The van der Waals surface area contributed by atoms with Crippen molar-refractivity contribution in [3.63, 3.8) is 0 Å². The summed E-state index contributed by atoms with van der Waals surface area (Å²) in [7, 11) is 0. The molecule has 0 bridgehead atoms. The lowest BCUT2D eigenvalue weighted by Crippen LogP contribution is -2.31. The molecule has 1 fully saturated rings. The van der Waals surface area contributed by atoms with Gasteiger partial charge in [-0.3, -0.25) is 0 Å². The van der Waals surface area contributed by atoms with Crippen LogP contribution in [0, 0.1) is 12.3 Å². The fourth-order valence-electron chi connectivity index (χ4n) is 2.91. The normalized spacial score (nSPS) is 26.3. The van der Waals surface area contributed by atoms with Crippen LogP contribution in [0.25, 0.3) is 0 Å². The summed E-state index contributed by atoms with van der Waals surface area (Å²) in [6, 6.07) is 0. The van der Waals surface area contributed by atoms with Crippen molar-refractivity contribution >= 4 is 0 Å². The van der Waals surface area contributed by atoms with Gasteiger partial charge in [-0.25, -0.2) is 0 Å². The number of hydrogen-bond acceptors (Lipinski definition) is 1. The lowest BCUT2D eigenvalue weighted by molar-refractivity contribution is 0.0134. The minimum Gasteiger partial charge on any atom is -0.375 e. The second-order valence-corrected chi connectivity index (χ2v) is 5.60. The maximum atomic E-state index is 6.10. The van der Waals surface area contributed by atoms with Crippen LogP contribution in [0.2, 0.25) is 0 Å². The summed E-state index contributed by atoms with van der Waals surface area (Å²) in [5, 5.41) is 0. The molecular weight excluding hydrogens is 208 g/mol. The minimum atomic E-state index is 0.143. The van der Waals surface area contributed by atoms with E-state index in [9.17, 15) is 0 Å². The van der Waals surface area contributed by atoms with Crippen molar-refractivity contribution in [1.29, 1.82) is 0 Å². The molecule has 0 aromatic carbocycles. The Morgan fingerprint density at radius 2 is 1.94 bits per heavy atom. The Balaban J connectivity index is 2.45. The van der Waals surface area contributed by atoms with Gasteiger partial charge in [-0.1, -0.05) is 59.3 Å². The quantitative estimate of drug-likeness (QED) is 0.541. The van der Waals surface area contributed by atoms with Crippen LogP contribution in [0.15, 0.2) is 0 Å². The number of rotatable bonds is 9. The van der Waals surface area contributed by atoms with Crippen LogP contribution in [0.4, 0.5) is 0 Å². The molecule has 1 rings (SSSR count). The predicted octanol–water partition coefficient (Wildman–Crippen LogP) is 5.15. The van der Waals surface area contributed by atoms with Crippen LogP contribution < -0.4 is 0 Å². The summed E-state index contributed by atoms with van der Waals surface area (Å²) in [4.78, 5) is 0. The van der Waals surface area contributed by atoms with Crippen LogP contribution in [0.1, 0.15) is 78.6 Å². The van der Waals surface area contributed by atoms with Gasteiger partial charge in [0.05, 0.1) is 5.60 Å². The Hall–Kier alpha value is -0.0400. The largest absolute Gasteiger partial charge is 0.375 e. The van der Waals surface area contributed by atoms with E-state index in [1.54, 1.807) is 0 Å². The summed E-state index contributed by atoms with van der Waals surface area (Å²) in [6.45, 7) is 7.85. The molecule has 1 saturated heterocycles. The average Bonchev–Trinajstić information content (AvgIpc) is 2.81. The highest BCUT2D eigenvalue weighted by molar-refractivity contribution is 5.00. The topological polar surface area (TPSA) is 9.23 Å². The zero-order valence-electron chi connectivity index (χ0n) is 12.1. The van der Waals surface area contributed by atoms with Gasteiger partial charge in [0.25, 0.3) is 0 Å². The summed E-state index contributed by atoms with van der Waals surface area (Å²) < 4.78 is 6.10. The standard InChI is InChI=1S/C16H31O/c1-4-7-10-15(6-3)14-16(11-8-5-2)12-9-13-17-16/h14-15H,4-13H2,1-3H3. The Bertz CT molecular complexity index is 182. The maximum absolute atomic E-state index is 6.10. The third-order valence-electron chi connectivity index (χ3n) is 4.08. The fraction of sp³-hybridized carbons (Fsp3) is 0.938. The third kappa shape index (κ3) is 4.99. The fourth-order valence-corrected chi connectivity index (χ4v) is 2.91. The van der Waals surface area contributed by atoms with Gasteiger partial charge in [0.15, 0.2) is 0 Å². The van der Waals surface area contributed by atoms with Crippen LogP contribution in [0.5, 0.6) is 0 Å². The van der Waals surface area contributed by atoms with E-state index >= 15 is 0 Å². The molecule has 0 aliphatic carbocycles. The van der Waals surface area contributed by atoms with Gasteiger partial charge in [0.2, 0.25) is 0 Å². The second-order valence-electron chi connectivity index (χ2n) is 5.60. The average molecular weight is 239 g/mol. The van der Waals surface area contributed by atoms with Crippen LogP contribution in [-0.2, 0) is 4.74 Å². The highest BCUT2D eigenvalue weighted by atomic mass is 16.5. The molecule has 101 valence electrons. The summed E-state index contributed by atoms with van der Waals surface area (Å²) >= 11 is 0. The van der Waals surface area contributed by atoms with Crippen LogP contribution in [0.3, 0.4) is 0 Å². The molecule has 1 aliphatic rings. The van der Waals surface area contributed by atoms with E-state index in [4.69, 9.17) is 4.74 Å². The van der Waals surface area contributed by atoms with E-state index in [1.807, 2.05) is 0 Å². The first-order valence-electron chi connectivity index (χ1n) is 7.76. The molecule has 0 spiro atoms. The molecule has 0 aromatic rings. The molecule has 0 N–H and O–H groups in total. The predicted molar refractivity (Wildman–Crippen MR) is 75.0 cm³/mol. The Kier molecular flexibility index (Phi) is 7.18. The van der Waals surface area contributed by atoms with Crippen molar-refractivity contribution < 1.29 is 4.74 Å². The molecule has 0 aromatic heterocycles. The van der Waals surface area contributed by atoms with Crippen LogP contribution in [-0.4, -0.2) is 12.2 Å². The first-order chi connectivity index (χ1) is 8.26. The van der Waals surface area contributed by atoms with E-state index in [1.165, 1.54) is 57.8 Å². The van der Waals surface area contributed by atoms with Crippen molar-refractivity contribution in [1.82, 2.24) is 0 Å². The lowest BCUT2D eigenvalue weighted by Gasteiger charge is -2.32. The third-order valence-corrected chi connectivity index (χ3v) is 4.08. The van der Waals surface area contributed by atoms with E-state index in [0.29, 0.717) is 0 Å². The van der Waals surface area contributed by atoms with Gasteiger partial charge in [-0.15, -0.1) is 0 Å². The molecule has 2 unspecified atom stereocenters. The van der Waals surface area contributed by atoms with Gasteiger partial charge in [-0.2, -0.15) is 0 Å². The Morgan fingerprint density at radius 1 is 1.18 bits per heavy atom. The molecule has 1 heteroatoms. The van der Waals surface area contributed by atoms with Gasteiger partial charge in [0.1, 0.15) is 0 Å². The second kappa shape index (κ2) is 8.13. The van der Waals surface area contributed by atoms with Crippen molar-refractivity contribution in [3.8, 4) is 0 Å². The van der Waals surface area contributed by atoms with Crippen molar-refractivity contribution in [2.24, 2.45) is 5.92 Å². The van der Waals surface area contributed by atoms with Gasteiger partial charge in [0, 0.05) is 6.61 Å². The van der Waals surface area contributed by atoms with Crippen molar-refractivity contribution in [2.45, 2.75) is 84.2 Å². The van der Waals surface area contributed by atoms with E-state index in [2.05, 4.69) is 27.2 Å². The smallest absolute Gasteiger partial charge is 0.0717 e. The highest BCUT2D eigenvalue weighted by Crippen LogP contribution is 2.37. The molecule has 0 amide bonds. The maximum Gasteiger partial charge on any atom is 0.0717 e. The first-order valence-corrected chi connectivity index (χ1v) is 7.76. The molecule has 1 nitrogen and oxygen atoms in total. The monoisotopic (exact) mass is 239 g/mol. The molecule has 0 saturated carbocycles. The van der Waals surface area contributed by atoms with E-state index < -0.39 is 0 Å². The summed E-state index contributed by atoms with van der Waals surface area (Å²) in [6.07, 6.45) is 14.2. The van der Waals surface area contributed by atoms with Crippen LogP contribution >= 0.6 is 0 Å². The molecule has 2 atom stereocenters. The summed E-state index contributed by atoms with van der Waals surface area (Å²) in [5.41, 5.74) is 0.143. The minimum absolute atomic E-state index is 0.143. The highest BCUT2D eigenvalue weighted by Gasteiger charge is 2.36. The number of unbranched alkanes of at least 4 members (excludes halogenated alkanes) is 2. The van der Waals surface area contributed by atoms with E-state index in [0.717, 1.165) is 12.5 Å². The lowest BCUT2D eigenvalue weighted by atomic mass is 9.81. The number of ether oxygens (including phenoxy) is 1. The first kappa shape index (κ1) is 15.0. The molecule has 1 aliphatic heterocycles. The summed E-state index contributed by atoms with van der Waals surface area (Å²) in [5.74, 6) is 0.768. The molecular formula is C16H31O.